The quantitative estimate of drug-likeness (QED) is 0.240. The normalized spacial score (nSPS) is 16.6. The second-order valence-corrected chi connectivity index (χ2v) is 7.92. The standard InChI is InChI=1S/C34H22O/c1-3-13-23(14-4-1)31-25-17-7-9-19-27(25)33(28-20-10-8-18-26(28)31)34-32(24-15-5-2-6-16-24)29-21-11-12-22-30(29)35-34/h1-22H/i1D,3D,4D,7D,8D,9D,10D,13D,14D,17D,18D,19D,20D. The van der Waals surface area contributed by atoms with E-state index in [-0.39, 0.29) is 38.4 Å². The molecule has 0 atom stereocenters. The zero-order valence-electron chi connectivity index (χ0n) is 31.1. The molecule has 1 heterocycles. The van der Waals surface area contributed by atoms with Crippen molar-refractivity contribution in [2.75, 3.05) is 0 Å². The summed E-state index contributed by atoms with van der Waals surface area (Å²) in [5.41, 5.74) is 0.719. The van der Waals surface area contributed by atoms with Crippen LogP contribution in [-0.2, 0) is 0 Å². The van der Waals surface area contributed by atoms with Crippen LogP contribution in [0, 0.1) is 0 Å². The van der Waals surface area contributed by atoms with Gasteiger partial charge in [-0.3, -0.25) is 0 Å². The van der Waals surface area contributed by atoms with Gasteiger partial charge in [-0.2, -0.15) is 0 Å². The summed E-state index contributed by atoms with van der Waals surface area (Å²) in [5.74, 6) is 0.0695. The van der Waals surface area contributed by atoms with E-state index in [9.17, 15) is 2.74 Å². The van der Waals surface area contributed by atoms with E-state index in [0.29, 0.717) is 22.1 Å². The predicted molar refractivity (Wildman–Crippen MR) is 148 cm³/mol. The molecule has 0 aliphatic rings. The molecule has 1 aromatic heterocycles. The van der Waals surface area contributed by atoms with Gasteiger partial charge in [-0.1, -0.05) is 127 Å². The molecule has 7 rings (SSSR count). The third-order valence-corrected chi connectivity index (χ3v) is 6.01. The molecule has 164 valence electrons. The first-order valence-electron chi connectivity index (χ1n) is 17.4. The Kier molecular flexibility index (Phi) is 2.46. The van der Waals surface area contributed by atoms with Crippen LogP contribution in [0.25, 0.3) is 66.1 Å². The molecule has 0 saturated carbocycles. The van der Waals surface area contributed by atoms with Gasteiger partial charge in [0.1, 0.15) is 11.3 Å². The van der Waals surface area contributed by atoms with E-state index in [0.717, 1.165) is 0 Å². The topological polar surface area (TPSA) is 13.1 Å². The fourth-order valence-electron chi connectivity index (χ4n) is 4.59. The maximum atomic E-state index is 9.18. The first-order valence-corrected chi connectivity index (χ1v) is 10.9. The van der Waals surface area contributed by atoms with Crippen molar-refractivity contribution in [3.05, 3.63) is 133 Å². The Morgan fingerprint density at radius 2 is 0.971 bits per heavy atom. The first-order chi connectivity index (χ1) is 22.8. The highest BCUT2D eigenvalue weighted by Gasteiger charge is 2.23. The third-order valence-electron chi connectivity index (χ3n) is 6.01. The van der Waals surface area contributed by atoms with Crippen molar-refractivity contribution < 1.29 is 22.2 Å². The summed E-state index contributed by atoms with van der Waals surface area (Å²) in [5, 5.41) is -0.331. The maximum Gasteiger partial charge on any atom is 0.144 e. The fraction of sp³-hybridized carbons (Fsp3) is 0. The number of rotatable bonds is 3. The highest BCUT2D eigenvalue weighted by molar-refractivity contribution is 6.23. The van der Waals surface area contributed by atoms with Crippen molar-refractivity contribution in [3.63, 3.8) is 0 Å². The lowest BCUT2D eigenvalue weighted by molar-refractivity contribution is 0.634. The molecule has 0 bridgehead atoms. The summed E-state index contributed by atoms with van der Waals surface area (Å²) >= 11 is 0. The van der Waals surface area contributed by atoms with Gasteiger partial charge in [0.2, 0.25) is 0 Å². The Balaban J connectivity index is 1.89. The van der Waals surface area contributed by atoms with Crippen molar-refractivity contribution in [3.8, 4) is 33.6 Å². The Bertz CT molecular complexity index is 2430. The van der Waals surface area contributed by atoms with Crippen LogP contribution in [0.15, 0.2) is 138 Å². The number of fused-ring (bicyclic) bond motifs is 3. The van der Waals surface area contributed by atoms with Gasteiger partial charge in [0.15, 0.2) is 0 Å². The predicted octanol–water partition coefficient (Wildman–Crippen LogP) is 9.74. The Labute approximate surface area is 222 Å². The first kappa shape index (κ1) is 10.8. The van der Waals surface area contributed by atoms with Gasteiger partial charge in [0, 0.05) is 16.5 Å². The van der Waals surface area contributed by atoms with Gasteiger partial charge in [-0.15, -0.1) is 0 Å². The molecule has 0 amide bonds. The zero-order chi connectivity index (χ0) is 34.5. The Hall–Kier alpha value is -4.62. The molecule has 6 aromatic carbocycles. The number of benzene rings is 6. The zero-order valence-corrected chi connectivity index (χ0v) is 18.1. The molecule has 1 heteroatoms. The van der Waals surface area contributed by atoms with E-state index in [2.05, 4.69) is 0 Å². The molecular weight excluding hydrogens is 424 g/mol. The third kappa shape index (κ3) is 3.09. The van der Waals surface area contributed by atoms with Crippen LogP contribution in [0.3, 0.4) is 0 Å². The van der Waals surface area contributed by atoms with E-state index >= 15 is 0 Å². The van der Waals surface area contributed by atoms with E-state index in [1.54, 1.807) is 36.4 Å². The van der Waals surface area contributed by atoms with Gasteiger partial charge in [-0.25, -0.2) is 0 Å². The maximum absolute atomic E-state index is 9.18. The second kappa shape index (κ2) is 8.00. The molecule has 0 N–H and O–H groups in total. The minimum absolute atomic E-state index is 0.0508. The summed E-state index contributed by atoms with van der Waals surface area (Å²) in [6.07, 6.45) is 0. The van der Waals surface area contributed by atoms with Crippen molar-refractivity contribution in [1.82, 2.24) is 0 Å². The SMILES string of the molecule is [2H]c1c([2H])c([2H])c(-c2c3c([2H])c([2H])c([2H])c([2H])c3c(-c3oc4ccccc4c3-c3ccccc3)c3c([2H])c([2H])c([2H])c([2H])c23)c([2H])c1[2H]. The molecule has 7 aromatic rings. The molecular formula is C34H22O. The molecule has 1 nitrogen and oxygen atoms in total. The smallest absolute Gasteiger partial charge is 0.144 e. The summed E-state index contributed by atoms with van der Waals surface area (Å²) in [6.45, 7) is 0. The van der Waals surface area contributed by atoms with Gasteiger partial charge < -0.3 is 4.42 Å². The summed E-state index contributed by atoms with van der Waals surface area (Å²) in [6, 6.07) is 7.55. The molecule has 0 spiro atoms. The highest BCUT2D eigenvalue weighted by atomic mass is 16.3. The monoisotopic (exact) mass is 459 g/mol. The molecule has 35 heavy (non-hydrogen) atoms. The van der Waals surface area contributed by atoms with Gasteiger partial charge >= 0.3 is 0 Å². The molecule has 0 unspecified atom stereocenters. The van der Waals surface area contributed by atoms with E-state index in [4.69, 9.17) is 19.5 Å². The summed E-state index contributed by atoms with van der Waals surface area (Å²) < 4.78 is 120. The molecule has 0 fully saturated rings. The highest BCUT2D eigenvalue weighted by Crippen LogP contribution is 2.48. The Morgan fingerprint density at radius 1 is 0.429 bits per heavy atom. The lowest BCUT2D eigenvalue weighted by Crippen LogP contribution is -1.91. The number of hydrogen-bond acceptors (Lipinski definition) is 1. The van der Waals surface area contributed by atoms with Crippen molar-refractivity contribution in [2.24, 2.45) is 0 Å². The molecule has 0 radical (unpaired) electrons. The van der Waals surface area contributed by atoms with Crippen LogP contribution >= 0.6 is 0 Å². The lowest BCUT2D eigenvalue weighted by atomic mass is 9.86. The van der Waals surface area contributed by atoms with Gasteiger partial charge in [0.25, 0.3) is 0 Å². The minimum atomic E-state index is -0.721. The van der Waals surface area contributed by atoms with Crippen LogP contribution in [0.4, 0.5) is 0 Å². The average molecular weight is 460 g/mol. The number of para-hydroxylation sites is 1. The average Bonchev–Trinajstić information content (AvgIpc) is 3.48. The van der Waals surface area contributed by atoms with Crippen LogP contribution in [0.2, 0.25) is 0 Å². The van der Waals surface area contributed by atoms with Crippen LogP contribution < -0.4 is 0 Å². The fourth-order valence-corrected chi connectivity index (χ4v) is 4.59. The second-order valence-electron chi connectivity index (χ2n) is 7.92. The molecule has 0 aliphatic heterocycles. The Morgan fingerprint density at radius 3 is 1.63 bits per heavy atom. The lowest BCUT2D eigenvalue weighted by Gasteiger charge is -2.17. The largest absolute Gasteiger partial charge is 0.455 e. The van der Waals surface area contributed by atoms with Crippen LogP contribution in [0.5, 0.6) is 0 Å². The number of furan rings is 1. The van der Waals surface area contributed by atoms with E-state index in [1.165, 1.54) is 0 Å². The molecule has 0 saturated heterocycles. The summed E-state index contributed by atoms with van der Waals surface area (Å²) in [4.78, 5) is 0. The minimum Gasteiger partial charge on any atom is -0.455 e. The van der Waals surface area contributed by atoms with Crippen molar-refractivity contribution in [2.45, 2.75) is 0 Å². The van der Waals surface area contributed by atoms with Crippen molar-refractivity contribution >= 4 is 32.5 Å². The molecule has 0 aliphatic carbocycles. The van der Waals surface area contributed by atoms with E-state index < -0.39 is 84.1 Å². The van der Waals surface area contributed by atoms with Crippen LogP contribution in [-0.4, -0.2) is 0 Å². The van der Waals surface area contributed by atoms with Gasteiger partial charge in [0.05, 0.1) is 17.8 Å². The van der Waals surface area contributed by atoms with Gasteiger partial charge in [-0.05, 0) is 44.3 Å². The van der Waals surface area contributed by atoms with Crippen molar-refractivity contribution in [1.29, 1.82) is 0 Å². The van der Waals surface area contributed by atoms with E-state index in [1.807, 2.05) is 18.2 Å². The summed E-state index contributed by atoms with van der Waals surface area (Å²) in [7, 11) is 0. The van der Waals surface area contributed by atoms with Crippen LogP contribution in [0.1, 0.15) is 17.8 Å². The number of hydrogen-bond donors (Lipinski definition) is 0.